The Morgan fingerprint density at radius 1 is 1.26 bits per heavy atom. The van der Waals surface area contributed by atoms with Gasteiger partial charge in [-0.05, 0) is 52.7 Å². The Labute approximate surface area is 183 Å². The van der Waals surface area contributed by atoms with Crippen LogP contribution in [0.1, 0.15) is 38.1 Å². The van der Waals surface area contributed by atoms with E-state index in [4.69, 9.17) is 9.47 Å². The number of carbonyl (C=O) groups is 1. The number of ether oxygens (including phenoxy) is 2. The number of carbonyl (C=O) groups excluding carboxylic acids is 1. The summed E-state index contributed by atoms with van der Waals surface area (Å²) in [4.78, 5) is 13.2. The normalized spacial score (nSPS) is 17.4. The fourth-order valence-electron chi connectivity index (χ4n) is 3.80. The largest absolute Gasteiger partial charge is 0.494 e. The zero-order valence-corrected chi connectivity index (χ0v) is 19.2. The Morgan fingerprint density at radius 3 is 2.65 bits per heavy atom. The maximum absolute atomic E-state index is 13.2. The van der Waals surface area contributed by atoms with Crippen molar-refractivity contribution in [3.8, 4) is 11.5 Å². The van der Waals surface area contributed by atoms with Crippen LogP contribution in [-0.4, -0.2) is 55.1 Å². The van der Waals surface area contributed by atoms with Crippen molar-refractivity contribution in [1.82, 2.24) is 14.5 Å². The fourth-order valence-corrected chi connectivity index (χ4v) is 5.66. The second-order valence-electron chi connectivity index (χ2n) is 7.48. The summed E-state index contributed by atoms with van der Waals surface area (Å²) in [6.07, 6.45) is 1.21. The van der Waals surface area contributed by atoms with E-state index in [1.165, 1.54) is 4.31 Å². The monoisotopic (exact) mass is 450 g/mol. The first-order valence-corrected chi connectivity index (χ1v) is 11.9. The predicted octanol–water partition coefficient (Wildman–Crippen LogP) is 2.86. The molecule has 1 aromatic carbocycles. The lowest BCUT2D eigenvalue weighted by molar-refractivity contribution is -0.120. The number of anilines is 1. The van der Waals surface area contributed by atoms with Crippen molar-refractivity contribution < 1.29 is 22.7 Å². The standard InChI is InChI=1S/C21H30N4O5S/c1-5-29-17-9-10-19(30-6-2)18(12-17)22-21(26)16-8-7-11-25(13-16)31(27,28)20-14(3)23-24-15(20)4/h9-10,12,16H,5-8,11,13H2,1-4H3,(H,22,26)(H,23,24)/t16-/m1/s1. The molecule has 1 aliphatic heterocycles. The average molecular weight is 451 g/mol. The maximum atomic E-state index is 13.2. The lowest BCUT2D eigenvalue weighted by Crippen LogP contribution is -2.44. The van der Waals surface area contributed by atoms with Crippen molar-refractivity contribution in [1.29, 1.82) is 0 Å². The van der Waals surface area contributed by atoms with Gasteiger partial charge >= 0.3 is 0 Å². The van der Waals surface area contributed by atoms with Crippen LogP contribution < -0.4 is 14.8 Å². The summed E-state index contributed by atoms with van der Waals surface area (Å²) in [6, 6.07) is 5.27. The molecule has 0 spiro atoms. The lowest BCUT2D eigenvalue weighted by Gasteiger charge is -2.31. The highest BCUT2D eigenvalue weighted by molar-refractivity contribution is 7.89. The molecule has 170 valence electrons. The van der Waals surface area contributed by atoms with Crippen LogP contribution in [0.4, 0.5) is 5.69 Å². The number of aromatic amines is 1. The number of benzene rings is 1. The number of piperidine rings is 1. The van der Waals surface area contributed by atoms with Gasteiger partial charge in [-0.1, -0.05) is 0 Å². The van der Waals surface area contributed by atoms with Gasteiger partial charge in [-0.15, -0.1) is 0 Å². The van der Waals surface area contributed by atoms with E-state index in [9.17, 15) is 13.2 Å². The zero-order valence-electron chi connectivity index (χ0n) is 18.4. The number of aromatic nitrogens is 2. The minimum Gasteiger partial charge on any atom is -0.494 e. The van der Waals surface area contributed by atoms with E-state index >= 15 is 0 Å². The van der Waals surface area contributed by atoms with Gasteiger partial charge in [0.05, 0.1) is 36.2 Å². The Hall–Kier alpha value is -2.59. The second kappa shape index (κ2) is 9.69. The Balaban J connectivity index is 1.78. The smallest absolute Gasteiger partial charge is 0.246 e. The summed E-state index contributed by atoms with van der Waals surface area (Å²) in [6.45, 7) is 8.54. The van der Waals surface area contributed by atoms with Crippen molar-refractivity contribution in [2.24, 2.45) is 5.92 Å². The van der Waals surface area contributed by atoms with E-state index in [0.717, 1.165) is 0 Å². The quantitative estimate of drug-likeness (QED) is 0.639. The van der Waals surface area contributed by atoms with E-state index in [0.29, 0.717) is 61.2 Å². The molecule has 3 rings (SSSR count). The number of H-pyrrole nitrogens is 1. The summed E-state index contributed by atoms with van der Waals surface area (Å²) in [7, 11) is -3.74. The molecule has 0 saturated carbocycles. The molecule has 1 fully saturated rings. The van der Waals surface area contributed by atoms with Crippen molar-refractivity contribution in [3.05, 3.63) is 29.6 Å². The molecule has 2 heterocycles. The summed E-state index contributed by atoms with van der Waals surface area (Å²) >= 11 is 0. The Bertz CT molecular complexity index is 1010. The molecule has 1 aliphatic rings. The van der Waals surface area contributed by atoms with Gasteiger partial charge in [0.2, 0.25) is 15.9 Å². The van der Waals surface area contributed by atoms with Crippen LogP contribution in [0.5, 0.6) is 11.5 Å². The number of hydrogen-bond donors (Lipinski definition) is 2. The molecule has 1 saturated heterocycles. The van der Waals surface area contributed by atoms with E-state index in [1.807, 2.05) is 13.8 Å². The highest BCUT2D eigenvalue weighted by Gasteiger charge is 2.36. The van der Waals surface area contributed by atoms with Crippen LogP contribution in [0.15, 0.2) is 23.1 Å². The van der Waals surface area contributed by atoms with E-state index in [-0.39, 0.29) is 17.3 Å². The molecule has 0 unspecified atom stereocenters. The van der Waals surface area contributed by atoms with Gasteiger partial charge in [0.1, 0.15) is 16.4 Å². The molecule has 0 aliphatic carbocycles. The molecule has 1 amide bonds. The van der Waals surface area contributed by atoms with Gasteiger partial charge in [-0.25, -0.2) is 8.42 Å². The highest BCUT2D eigenvalue weighted by atomic mass is 32.2. The number of nitrogens with zero attached hydrogens (tertiary/aromatic N) is 2. The van der Waals surface area contributed by atoms with E-state index in [1.54, 1.807) is 32.0 Å². The zero-order chi connectivity index (χ0) is 22.6. The molecule has 10 heteroatoms. The minimum absolute atomic E-state index is 0.118. The first-order valence-electron chi connectivity index (χ1n) is 10.5. The summed E-state index contributed by atoms with van der Waals surface area (Å²) in [5.74, 6) is 0.459. The molecule has 2 N–H and O–H groups in total. The number of aryl methyl sites for hydroxylation is 2. The van der Waals surface area contributed by atoms with Gasteiger partial charge in [-0.3, -0.25) is 9.89 Å². The average Bonchev–Trinajstić information content (AvgIpc) is 3.09. The first kappa shape index (κ1) is 23.1. The molecule has 1 aromatic heterocycles. The topological polar surface area (TPSA) is 114 Å². The molecular weight excluding hydrogens is 420 g/mol. The Morgan fingerprint density at radius 2 is 2.00 bits per heavy atom. The van der Waals surface area contributed by atoms with Gasteiger partial charge in [-0.2, -0.15) is 9.40 Å². The highest BCUT2D eigenvalue weighted by Crippen LogP contribution is 2.32. The third-order valence-corrected chi connectivity index (χ3v) is 7.36. The van der Waals surface area contributed by atoms with Crippen LogP contribution in [0.3, 0.4) is 0 Å². The molecule has 9 nitrogen and oxygen atoms in total. The van der Waals surface area contributed by atoms with E-state index in [2.05, 4.69) is 15.5 Å². The van der Waals surface area contributed by atoms with Crippen molar-refractivity contribution in [3.63, 3.8) is 0 Å². The summed E-state index contributed by atoms with van der Waals surface area (Å²) < 4.78 is 38.9. The lowest BCUT2D eigenvalue weighted by atomic mass is 9.98. The predicted molar refractivity (Wildman–Crippen MR) is 117 cm³/mol. The number of amides is 1. The molecule has 2 aromatic rings. The van der Waals surface area contributed by atoms with E-state index < -0.39 is 15.9 Å². The third-order valence-electron chi connectivity index (χ3n) is 5.23. The molecule has 0 bridgehead atoms. The third kappa shape index (κ3) is 5.01. The molecular formula is C21H30N4O5S. The number of nitrogens with one attached hydrogen (secondary N) is 2. The fraction of sp³-hybridized carbons (Fsp3) is 0.524. The first-order chi connectivity index (χ1) is 14.8. The summed E-state index contributed by atoms with van der Waals surface area (Å²) in [5, 5.41) is 9.63. The van der Waals surface area contributed by atoms with Crippen LogP contribution in [0.2, 0.25) is 0 Å². The van der Waals surface area contributed by atoms with Crippen molar-refractivity contribution in [2.45, 2.75) is 45.4 Å². The summed E-state index contributed by atoms with van der Waals surface area (Å²) in [5.41, 5.74) is 1.44. The van der Waals surface area contributed by atoms with Crippen molar-refractivity contribution in [2.75, 3.05) is 31.6 Å². The SMILES string of the molecule is CCOc1ccc(OCC)c(NC(=O)[C@@H]2CCCN(S(=O)(=O)c3c(C)n[nH]c3C)C2)c1. The van der Waals surface area contributed by atoms with Gasteiger partial charge < -0.3 is 14.8 Å². The molecule has 31 heavy (non-hydrogen) atoms. The van der Waals surface area contributed by atoms with Crippen LogP contribution in [0.25, 0.3) is 0 Å². The van der Waals surface area contributed by atoms with Gasteiger partial charge in [0.25, 0.3) is 0 Å². The molecule has 1 atom stereocenters. The van der Waals surface area contributed by atoms with Crippen LogP contribution >= 0.6 is 0 Å². The number of sulfonamides is 1. The molecule has 0 radical (unpaired) electrons. The van der Waals surface area contributed by atoms with Gasteiger partial charge in [0, 0.05) is 19.2 Å². The van der Waals surface area contributed by atoms with Crippen molar-refractivity contribution >= 4 is 21.6 Å². The number of rotatable bonds is 8. The van der Waals surface area contributed by atoms with Gasteiger partial charge in [0.15, 0.2) is 0 Å². The second-order valence-corrected chi connectivity index (χ2v) is 9.35. The van der Waals surface area contributed by atoms with Crippen LogP contribution in [0, 0.1) is 19.8 Å². The van der Waals surface area contributed by atoms with Crippen LogP contribution in [-0.2, 0) is 14.8 Å². The number of hydrogen-bond acceptors (Lipinski definition) is 6. The maximum Gasteiger partial charge on any atom is 0.246 e. The Kier molecular flexibility index (Phi) is 7.22. The minimum atomic E-state index is -3.74.